The SMILES string of the molecule is CCC1(CC)C[C@H](NC(=O)c2cc(C)ccc2C)c2ccccc2O1. The molecule has 0 bridgehead atoms. The average molecular weight is 337 g/mol. The van der Waals surface area contributed by atoms with Crippen LogP contribution in [0.4, 0.5) is 0 Å². The fraction of sp³-hybridized carbons (Fsp3) is 0.409. The second-order valence-corrected chi connectivity index (χ2v) is 7.08. The number of fused-ring (bicyclic) bond motifs is 1. The van der Waals surface area contributed by atoms with Crippen LogP contribution in [0.3, 0.4) is 0 Å². The zero-order valence-corrected chi connectivity index (χ0v) is 15.6. The Balaban J connectivity index is 1.93. The van der Waals surface area contributed by atoms with Gasteiger partial charge in [-0.15, -0.1) is 0 Å². The van der Waals surface area contributed by atoms with E-state index in [2.05, 4.69) is 25.2 Å². The summed E-state index contributed by atoms with van der Waals surface area (Å²) in [6.45, 7) is 8.30. The molecule has 2 aromatic carbocycles. The normalized spacial score (nSPS) is 18.2. The van der Waals surface area contributed by atoms with Gasteiger partial charge in [-0.3, -0.25) is 4.79 Å². The highest BCUT2D eigenvalue weighted by molar-refractivity contribution is 5.96. The van der Waals surface area contributed by atoms with E-state index in [4.69, 9.17) is 4.74 Å². The molecule has 2 aromatic rings. The van der Waals surface area contributed by atoms with Gasteiger partial charge in [0.05, 0.1) is 6.04 Å². The van der Waals surface area contributed by atoms with E-state index in [1.165, 1.54) is 0 Å². The van der Waals surface area contributed by atoms with E-state index in [1.54, 1.807) is 0 Å². The number of amides is 1. The van der Waals surface area contributed by atoms with Crippen LogP contribution in [0.25, 0.3) is 0 Å². The number of hydrogen-bond donors (Lipinski definition) is 1. The van der Waals surface area contributed by atoms with Gasteiger partial charge in [-0.1, -0.05) is 49.7 Å². The summed E-state index contributed by atoms with van der Waals surface area (Å²) >= 11 is 0. The predicted octanol–water partition coefficient (Wildman–Crippen LogP) is 5.12. The first-order valence-corrected chi connectivity index (χ1v) is 9.14. The Morgan fingerprint density at radius 3 is 2.60 bits per heavy atom. The Labute approximate surface area is 150 Å². The van der Waals surface area contributed by atoms with Crippen molar-refractivity contribution in [2.45, 2.75) is 58.6 Å². The molecule has 1 atom stereocenters. The minimum Gasteiger partial charge on any atom is -0.487 e. The molecular formula is C22H27NO2. The molecule has 0 saturated carbocycles. The lowest BCUT2D eigenvalue weighted by Gasteiger charge is -2.41. The lowest BCUT2D eigenvalue weighted by Crippen LogP contribution is -2.44. The summed E-state index contributed by atoms with van der Waals surface area (Å²) in [4.78, 5) is 12.9. The molecule has 1 N–H and O–H groups in total. The monoisotopic (exact) mass is 337 g/mol. The fourth-order valence-corrected chi connectivity index (χ4v) is 3.65. The molecule has 0 aliphatic carbocycles. The maximum absolute atomic E-state index is 12.9. The highest BCUT2D eigenvalue weighted by Gasteiger charge is 2.39. The quantitative estimate of drug-likeness (QED) is 0.841. The summed E-state index contributed by atoms with van der Waals surface area (Å²) in [6.07, 6.45) is 2.65. The molecule has 1 aliphatic heterocycles. The summed E-state index contributed by atoms with van der Waals surface area (Å²) in [6, 6.07) is 14.0. The smallest absolute Gasteiger partial charge is 0.252 e. The molecule has 0 aromatic heterocycles. The van der Waals surface area contributed by atoms with Gasteiger partial charge in [-0.05, 0) is 44.4 Å². The van der Waals surface area contributed by atoms with E-state index in [0.717, 1.165) is 47.3 Å². The second-order valence-electron chi connectivity index (χ2n) is 7.08. The summed E-state index contributed by atoms with van der Waals surface area (Å²) in [7, 11) is 0. The van der Waals surface area contributed by atoms with Gasteiger partial charge < -0.3 is 10.1 Å². The van der Waals surface area contributed by atoms with Crippen LogP contribution in [0, 0.1) is 13.8 Å². The van der Waals surface area contributed by atoms with Crippen molar-refractivity contribution >= 4 is 5.91 Å². The van der Waals surface area contributed by atoms with Crippen molar-refractivity contribution in [3.05, 3.63) is 64.7 Å². The van der Waals surface area contributed by atoms with Crippen LogP contribution < -0.4 is 10.1 Å². The largest absolute Gasteiger partial charge is 0.487 e. The lowest BCUT2D eigenvalue weighted by atomic mass is 9.83. The zero-order valence-electron chi connectivity index (χ0n) is 15.6. The van der Waals surface area contributed by atoms with Crippen molar-refractivity contribution < 1.29 is 9.53 Å². The van der Waals surface area contributed by atoms with E-state index < -0.39 is 0 Å². The van der Waals surface area contributed by atoms with Gasteiger partial charge in [0.15, 0.2) is 0 Å². The summed E-state index contributed by atoms with van der Waals surface area (Å²) in [5, 5.41) is 3.26. The minimum absolute atomic E-state index is 0.0102. The van der Waals surface area contributed by atoms with Gasteiger partial charge in [0, 0.05) is 17.5 Å². The number of hydrogen-bond acceptors (Lipinski definition) is 2. The molecule has 0 radical (unpaired) electrons. The molecular weight excluding hydrogens is 310 g/mol. The van der Waals surface area contributed by atoms with E-state index in [9.17, 15) is 4.79 Å². The summed E-state index contributed by atoms with van der Waals surface area (Å²) in [5.74, 6) is 0.882. The Bertz CT molecular complexity index is 777. The highest BCUT2D eigenvalue weighted by atomic mass is 16.5. The van der Waals surface area contributed by atoms with Crippen LogP contribution in [0.1, 0.15) is 66.2 Å². The topological polar surface area (TPSA) is 38.3 Å². The molecule has 0 unspecified atom stereocenters. The maximum Gasteiger partial charge on any atom is 0.252 e. The number of aryl methyl sites for hydroxylation is 2. The second kappa shape index (κ2) is 6.91. The zero-order chi connectivity index (χ0) is 18.0. The van der Waals surface area contributed by atoms with Crippen LogP contribution in [0.2, 0.25) is 0 Å². The first-order valence-electron chi connectivity index (χ1n) is 9.14. The van der Waals surface area contributed by atoms with Crippen LogP contribution in [0.5, 0.6) is 5.75 Å². The first-order chi connectivity index (χ1) is 12.0. The number of rotatable bonds is 4. The summed E-state index contributed by atoms with van der Waals surface area (Å²) in [5.41, 5.74) is 3.70. The Hall–Kier alpha value is -2.29. The Morgan fingerprint density at radius 1 is 1.16 bits per heavy atom. The van der Waals surface area contributed by atoms with E-state index in [0.29, 0.717) is 0 Å². The third-order valence-electron chi connectivity index (χ3n) is 5.43. The van der Waals surface area contributed by atoms with Gasteiger partial charge in [0.1, 0.15) is 11.4 Å². The predicted molar refractivity (Wildman–Crippen MR) is 101 cm³/mol. The van der Waals surface area contributed by atoms with Crippen molar-refractivity contribution in [1.82, 2.24) is 5.32 Å². The number of benzene rings is 2. The summed E-state index contributed by atoms with van der Waals surface area (Å²) < 4.78 is 6.33. The maximum atomic E-state index is 12.9. The third kappa shape index (κ3) is 3.41. The lowest BCUT2D eigenvalue weighted by molar-refractivity contribution is 0.0227. The molecule has 3 nitrogen and oxygen atoms in total. The van der Waals surface area contributed by atoms with Crippen LogP contribution in [-0.4, -0.2) is 11.5 Å². The standard InChI is InChI=1S/C22H27NO2/c1-5-22(6-2)14-19(17-9-7-8-10-20(17)25-22)23-21(24)18-13-15(3)11-12-16(18)4/h7-13,19H,5-6,14H2,1-4H3,(H,23,24)/t19-/m0/s1. The van der Waals surface area contributed by atoms with Crippen molar-refractivity contribution in [2.75, 3.05) is 0 Å². The molecule has 1 aliphatic rings. The van der Waals surface area contributed by atoms with Gasteiger partial charge >= 0.3 is 0 Å². The molecule has 25 heavy (non-hydrogen) atoms. The van der Waals surface area contributed by atoms with Crippen molar-refractivity contribution in [1.29, 1.82) is 0 Å². The number of ether oxygens (including phenoxy) is 1. The number of carbonyl (C=O) groups is 1. The molecule has 132 valence electrons. The van der Waals surface area contributed by atoms with Crippen LogP contribution >= 0.6 is 0 Å². The molecule has 3 heteroatoms. The third-order valence-corrected chi connectivity index (χ3v) is 5.43. The van der Waals surface area contributed by atoms with Crippen molar-refractivity contribution in [3.63, 3.8) is 0 Å². The first kappa shape index (κ1) is 17.5. The number of para-hydroxylation sites is 1. The number of carbonyl (C=O) groups excluding carboxylic acids is 1. The molecule has 0 spiro atoms. The molecule has 0 saturated heterocycles. The van der Waals surface area contributed by atoms with Gasteiger partial charge in [-0.2, -0.15) is 0 Å². The molecule has 1 amide bonds. The number of nitrogens with one attached hydrogen (secondary N) is 1. The van der Waals surface area contributed by atoms with E-state index >= 15 is 0 Å². The van der Waals surface area contributed by atoms with E-state index in [-0.39, 0.29) is 17.6 Å². The van der Waals surface area contributed by atoms with Gasteiger partial charge in [0.25, 0.3) is 5.91 Å². The van der Waals surface area contributed by atoms with Crippen molar-refractivity contribution in [2.24, 2.45) is 0 Å². The average Bonchev–Trinajstić information content (AvgIpc) is 2.63. The molecule has 1 heterocycles. The van der Waals surface area contributed by atoms with Gasteiger partial charge in [0.2, 0.25) is 0 Å². The van der Waals surface area contributed by atoms with Crippen LogP contribution in [0.15, 0.2) is 42.5 Å². The van der Waals surface area contributed by atoms with Crippen LogP contribution in [-0.2, 0) is 0 Å². The Morgan fingerprint density at radius 2 is 1.88 bits per heavy atom. The Kier molecular flexibility index (Phi) is 4.85. The van der Waals surface area contributed by atoms with Crippen molar-refractivity contribution in [3.8, 4) is 5.75 Å². The van der Waals surface area contributed by atoms with E-state index in [1.807, 2.05) is 50.2 Å². The molecule has 0 fully saturated rings. The highest BCUT2D eigenvalue weighted by Crippen LogP contribution is 2.42. The fourth-order valence-electron chi connectivity index (χ4n) is 3.65. The minimum atomic E-state index is -0.214. The molecule has 3 rings (SSSR count). The van der Waals surface area contributed by atoms with Gasteiger partial charge in [-0.25, -0.2) is 0 Å².